The molecule has 3 nitrogen and oxygen atoms in total. The van der Waals surface area contributed by atoms with Crippen LogP contribution in [0, 0.1) is 0 Å². The number of carbonyl (C=O) groups excluding carboxylic acids is 1. The molecule has 3 rings (SSSR count). The lowest BCUT2D eigenvalue weighted by atomic mass is 10.1. The predicted octanol–water partition coefficient (Wildman–Crippen LogP) is 5.03. The van der Waals surface area contributed by atoms with E-state index in [2.05, 4.69) is 0 Å². The third-order valence-corrected chi connectivity index (χ3v) is 5.39. The van der Waals surface area contributed by atoms with Crippen molar-refractivity contribution in [2.45, 2.75) is 4.90 Å². The van der Waals surface area contributed by atoms with Gasteiger partial charge in [-0.25, -0.2) is 8.42 Å². The van der Waals surface area contributed by atoms with Crippen molar-refractivity contribution in [2.75, 3.05) is 0 Å². The van der Waals surface area contributed by atoms with E-state index in [1.54, 1.807) is 54.6 Å². The van der Waals surface area contributed by atoms with Gasteiger partial charge in [0.1, 0.15) is 0 Å². The maximum absolute atomic E-state index is 12.4. The SMILES string of the molecule is O=C(/C=C/c1ccccc1/C=C/S(=O)(=O)c1ccccc1)c1ccccc1. The van der Waals surface area contributed by atoms with E-state index in [1.165, 1.54) is 11.5 Å². The molecule has 3 aromatic rings. The van der Waals surface area contributed by atoms with Gasteiger partial charge in [0, 0.05) is 11.0 Å². The van der Waals surface area contributed by atoms with Crippen molar-refractivity contribution in [3.8, 4) is 0 Å². The van der Waals surface area contributed by atoms with Crippen molar-refractivity contribution >= 4 is 27.8 Å². The van der Waals surface area contributed by atoms with Crippen LogP contribution < -0.4 is 0 Å². The first-order valence-corrected chi connectivity index (χ1v) is 9.96. The third kappa shape index (κ3) is 4.90. The summed E-state index contributed by atoms with van der Waals surface area (Å²) in [5.41, 5.74) is 2.09. The minimum atomic E-state index is -3.52. The quantitative estimate of drug-likeness (QED) is 0.449. The van der Waals surface area contributed by atoms with Gasteiger partial charge in [-0.2, -0.15) is 0 Å². The molecule has 0 saturated heterocycles. The van der Waals surface area contributed by atoms with Crippen LogP contribution in [0.15, 0.2) is 101 Å². The summed E-state index contributed by atoms with van der Waals surface area (Å²) in [5, 5.41) is 1.19. The summed E-state index contributed by atoms with van der Waals surface area (Å²) in [4.78, 5) is 12.5. The molecule has 0 atom stereocenters. The molecule has 27 heavy (non-hydrogen) atoms. The van der Waals surface area contributed by atoms with Gasteiger partial charge in [0.2, 0.25) is 0 Å². The molecule has 0 aliphatic heterocycles. The fraction of sp³-hybridized carbons (Fsp3) is 0. The number of benzene rings is 3. The molecule has 0 radical (unpaired) electrons. The number of sulfone groups is 1. The minimum absolute atomic E-state index is 0.105. The summed E-state index contributed by atoms with van der Waals surface area (Å²) in [7, 11) is -3.52. The van der Waals surface area contributed by atoms with Gasteiger partial charge >= 0.3 is 0 Å². The number of rotatable bonds is 6. The lowest BCUT2D eigenvalue weighted by Gasteiger charge is -2.02. The van der Waals surface area contributed by atoms with Gasteiger partial charge in [-0.05, 0) is 35.4 Å². The standard InChI is InChI=1S/C23H18O3S/c24-23(21-11-3-1-4-12-21)16-15-19-9-7-8-10-20(19)17-18-27(25,26)22-13-5-2-6-14-22/h1-18H/b16-15+,18-17+. The van der Waals surface area contributed by atoms with E-state index in [-0.39, 0.29) is 10.7 Å². The van der Waals surface area contributed by atoms with Gasteiger partial charge in [-0.3, -0.25) is 4.79 Å². The van der Waals surface area contributed by atoms with Gasteiger partial charge in [0.15, 0.2) is 15.6 Å². The van der Waals surface area contributed by atoms with Crippen LogP contribution in [0.2, 0.25) is 0 Å². The highest BCUT2D eigenvalue weighted by Crippen LogP contribution is 2.17. The van der Waals surface area contributed by atoms with Crippen LogP contribution in [0.3, 0.4) is 0 Å². The Bertz CT molecular complexity index is 1080. The Morgan fingerprint density at radius 3 is 1.81 bits per heavy atom. The number of hydrogen-bond acceptors (Lipinski definition) is 3. The molecule has 134 valence electrons. The minimum Gasteiger partial charge on any atom is -0.289 e. The zero-order chi connectivity index (χ0) is 19.1. The maximum atomic E-state index is 12.4. The van der Waals surface area contributed by atoms with Gasteiger partial charge in [0.25, 0.3) is 0 Å². The van der Waals surface area contributed by atoms with Crippen LogP contribution in [-0.2, 0) is 9.84 Å². The number of hydrogen-bond donors (Lipinski definition) is 0. The fourth-order valence-electron chi connectivity index (χ4n) is 2.53. The molecule has 0 unspecified atom stereocenters. The maximum Gasteiger partial charge on any atom is 0.199 e. The van der Waals surface area contributed by atoms with Crippen molar-refractivity contribution in [1.82, 2.24) is 0 Å². The van der Waals surface area contributed by atoms with Crippen LogP contribution in [-0.4, -0.2) is 14.2 Å². The molecule has 0 bridgehead atoms. The molecule has 0 spiro atoms. The Hall–Kier alpha value is -3.24. The Balaban J connectivity index is 1.84. The molecule has 0 aliphatic rings. The second-order valence-corrected chi connectivity index (χ2v) is 7.69. The molecule has 0 heterocycles. The first kappa shape index (κ1) is 18.5. The monoisotopic (exact) mass is 374 g/mol. The van der Waals surface area contributed by atoms with Crippen molar-refractivity contribution in [3.63, 3.8) is 0 Å². The van der Waals surface area contributed by atoms with Crippen LogP contribution in [0.4, 0.5) is 0 Å². The summed E-state index contributed by atoms with van der Waals surface area (Å²) in [6.45, 7) is 0. The fourth-order valence-corrected chi connectivity index (χ4v) is 3.55. The third-order valence-electron chi connectivity index (χ3n) is 3.97. The Morgan fingerprint density at radius 2 is 1.19 bits per heavy atom. The molecule has 3 aromatic carbocycles. The number of allylic oxidation sites excluding steroid dienone is 1. The number of carbonyl (C=O) groups is 1. The summed E-state index contributed by atoms with van der Waals surface area (Å²) < 4.78 is 24.8. The van der Waals surface area contributed by atoms with Crippen LogP contribution in [0.5, 0.6) is 0 Å². The summed E-state index contributed by atoms with van der Waals surface area (Å²) in [5.74, 6) is -0.105. The van der Waals surface area contributed by atoms with Gasteiger partial charge in [0.05, 0.1) is 4.90 Å². The summed E-state index contributed by atoms with van der Waals surface area (Å²) in [6.07, 6.45) is 4.74. The molecule has 0 aliphatic carbocycles. The normalized spacial score (nSPS) is 11.9. The van der Waals surface area contributed by atoms with E-state index in [0.29, 0.717) is 11.1 Å². The van der Waals surface area contributed by atoms with E-state index < -0.39 is 9.84 Å². The first-order chi connectivity index (χ1) is 13.1. The highest BCUT2D eigenvalue weighted by molar-refractivity contribution is 7.94. The van der Waals surface area contributed by atoms with E-state index in [1.807, 2.05) is 42.5 Å². The van der Waals surface area contributed by atoms with E-state index >= 15 is 0 Å². The van der Waals surface area contributed by atoms with Crippen LogP contribution in [0.25, 0.3) is 12.2 Å². The molecular weight excluding hydrogens is 356 g/mol. The first-order valence-electron chi connectivity index (χ1n) is 8.41. The zero-order valence-corrected chi connectivity index (χ0v) is 15.3. The van der Waals surface area contributed by atoms with Gasteiger partial charge in [-0.15, -0.1) is 0 Å². The number of ketones is 1. The molecule has 0 N–H and O–H groups in total. The highest BCUT2D eigenvalue weighted by atomic mass is 32.2. The Kier molecular flexibility index (Phi) is 5.79. The van der Waals surface area contributed by atoms with Crippen molar-refractivity contribution in [2.24, 2.45) is 0 Å². The lowest BCUT2D eigenvalue weighted by Crippen LogP contribution is -1.95. The second kappa shape index (κ2) is 8.43. The molecule has 0 aromatic heterocycles. The largest absolute Gasteiger partial charge is 0.289 e. The predicted molar refractivity (Wildman–Crippen MR) is 109 cm³/mol. The molecule has 4 heteroatoms. The zero-order valence-electron chi connectivity index (χ0n) is 14.5. The van der Waals surface area contributed by atoms with E-state index in [0.717, 1.165) is 5.56 Å². The molecule has 0 fully saturated rings. The van der Waals surface area contributed by atoms with Crippen LogP contribution >= 0.6 is 0 Å². The highest BCUT2D eigenvalue weighted by Gasteiger charge is 2.09. The summed E-state index contributed by atoms with van der Waals surface area (Å²) >= 11 is 0. The Morgan fingerprint density at radius 1 is 0.667 bits per heavy atom. The topological polar surface area (TPSA) is 51.2 Å². The van der Waals surface area contributed by atoms with E-state index in [9.17, 15) is 13.2 Å². The average molecular weight is 374 g/mol. The van der Waals surface area contributed by atoms with Gasteiger partial charge < -0.3 is 0 Å². The molecular formula is C23H18O3S. The molecule has 0 amide bonds. The average Bonchev–Trinajstić information content (AvgIpc) is 2.72. The lowest BCUT2D eigenvalue weighted by molar-refractivity contribution is 0.104. The van der Waals surface area contributed by atoms with Gasteiger partial charge in [-0.1, -0.05) is 78.9 Å². The van der Waals surface area contributed by atoms with Crippen molar-refractivity contribution in [3.05, 3.63) is 113 Å². The van der Waals surface area contributed by atoms with E-state index in [4.69, 9.17) is 0 Å². The second-order valence-electron chi connectivity index (χ2n) is 5.85. The van der Waals surface area contributed by atoms with Crippen LogP contribution in [0.1, 0.15) is 21.5 Å². The smallest absolute Gasteiger partial charge is 0.199 e. The summed E-state index contributed by atoms with van der Waals surface area (Å²) in [6, 6.07) is 24.6. The Labute approximate surface area is 159 Å². The van der Waals surface area contributed by atoms with Crippen molar-refractivity contribution in [1.29, 1.82) is 0 Å². The van der Waals surface area contributed by atoms with Crippen molar-refractivity contribution < 1.29 is 13.2 Å². The molecule has 0 saturated carbocycles.